The molecule has 9 heteroatoms. The van der Waals surface area contributed by atoms with Gasteiger partial charge in [0, 0.05) is 6.92 Å². The van der Waals surface area contributed by atoms with Crippen LogP contribution in [0.4, 0.5) is 13.9 Å². The Kier molecular flexibility index (Phi) is 4.53. The Balaban J connectivity index is 2.34. The second-order valence-corrected chi connectivity index (χ2v) is 4.69. The van der Waals surface area contributed by atoms with Gasteiger partial charge in [-0.25, -0.2) is 8.78 Å². The lowest BCUT2D eigenvalue weighted by atomic mass is 10.1. The fourth-order valence-corrected chi connectivity index (χ4v) is 2.02. The van der Waals surface area contributed by atoms with E-state index in [4.69, 9.17) is 4.74 Å². The molecule has 2 rings (SSSR count). The number of amides is 1. The number of aromatic nitrogens is 2. The van der Waals surface area contributed by atoms with Crippen LogP contribution in [0, 0.1) is 11.6 Å². The molecule has 0 bridgehead atoms. The SMILES string of the molecule is CC(=O)O[C@H](C(=O)Nc1nncs1)c1c(F)cccc1F. The summed E-state index contributed by atoms with van der Waals surface area (Å²) in [6.07, 6.45) is -1.76. The molecule has 2 aromatic rings. The van der Waals surface area contributed by atoms with Crippen LogP contribution in [0.3, 0.4) is 0 Å². The number of rotatable bonds is 4. The molecule has 0 aliphatic carbocycles. The van der Waals surface area contributed by atoms with E-state index in [1.807, 2.05) is 0 Å². The Bertz CT molecular complexity index is 644. The number of benzene rings is 1. The first-order valence-electron chi connectivity index (χ1n) is 5.67. The Morgan fingerprint density at radius 1 is 1.33 bits per heavy atom. The molecule has 0 spiro atoms. The fraction of sp³-hybridized carbons (Fsp3) is 0.167. The third kappa shape index (κ3) is 3.57. The minimum Gasteiger partial charge on any atom is -0.447 e. The summed E-state index contributed by atoms with van der Waals surface area (Å²) in [6, 6.07) is 3.07. The second-order valence-electron chi connectivity index (χ2n) is 3.86. The first-order chi connectivity index (χ1) is 9.99. The molecule has 0 saturated heterocycles. The first-order valence-corrected chi connectivity index (χ1v) is 6.55. The van der Waals surface area contributed by atoms with Crippen LogP contribution in [0.25, 0.3) is 0 Å². The van der Waals surface area contributed by atoms with Crippen molar-refractivity contribution in [3.8, 4) is 0 Å². The molecule has 1 N–H and O–H groups in total. The van der Waals surface area contributed by atoms with Crippen LogP contribution < -0.4 is 5.32 Å². The Labute approximate surface area is 121 Å². The highest BCUT2D eigenvalue weighted by molar-refractivity contribution is 7.13. The van der Waals surface area contributed by atoms with Gasteiger partial charge in [-0.2, -0.15) is 0 Å². The zero-order chi connectivity index (χ0) is 15.4. The van der Waals surface area contributed by atoms with E-state index in [0.717, 1.165) is 36.5 Å². The van der Waals surface area contributed by atoms with Crippen LogP contribution in [0.5, 0.6) is 0 Å². The van der Waals surface area contributed by atoms with Gasteiger partial charge in [-0.05, 0) is 12.1 Å². The summed E-state index contributed by atoms with van der Waals surface area (Å²) in [5.74, 6) is -3.76. The summed E-state index contributed by atoms with van der Waals surface area (Å²) in [5.41, 5.74) is 0.717. The average molecular weight is 313 g/mol. The topological polar surface area (TPSA) is 81.2 Å². The van der Waals surface area contributed by atoms with Crippen molar-refractivity contribution in [3.05, 3.63) is 40.9 Å². The molecule has 0 unspecified atom stereocenters. The Hall–Kier alpha value is -2.42. The van der Waals surface area contributed by atoms with Crippen LogP contribution >= 0.6 is 11.3 Å². The standard InChI is InChI=1S/C12H9F2N3O3S/c1-6(18)20-10(9-7(13)3-2-4-8(9)14)11(19)16-12-17-15-5-21-12/h2-5,10H,1H3,(H,16,17,19)/t10-/m0/s1. The van der Waals surface area contributed by atoms with Crippen molar-refractivity contribution < 1.29 is 23.1 Å². The van der Waals surface area contributed by atoms with E-state index in [1.165, 1.54) is 5.51 Å². The molecule has 110 valence electrons. The van der Waals surface area contributed by atoms with E-state index in [2.05, 4.69) is 15.5 Å². The largest absolute Gasteiger partial charge is 0.447 e. The summed E-state index contributed by atoms with van der Waals surface area (Å²) in [5, 5.41) is 9.46. The van der Waals surface area contributed by atoms with Gasteiger partial charge >= 0.3 is 5.97 Å². The van der Waals surface area contributed by atoms with Gasteiger partial charge in [0.2, 0.25) is 11.2 Å². The van der Waals surface area contributed by atoms with Crippen molar-refractivity contribution in [1.29, 1.82) is 0 Å². The molecule has 0 saturated carbocycles. The molecule has 0 aliphatic rings. The summed E-state index contributed by atoms with van der Waals surface area (Å²) >= 11 is 1.01. The summed E-state index contributed by atoms with van der Waals surface area (Å²) in [7, 11) is 0. The van der Waals surface area contributed by atoms with Crippen molar-refractivity contribution in [3.63, 3.8) is 0 Å². The quantitative estimate of drug-likeness (QED) is 0.874. The number of esters is 1. The summed E-state index contributed by atoms with van der Waals surface area (Å²) in [4.78, 5) is 23.2. The smallest absolute Gasteiger partial charge is 0.303 e. The monoisotopic (exact) mass is 313 g/mol. The summed E-state index contributed by atoms with van der Waals surface area (Å²) < 4.78 is 32.2. The van der Waals surface area contributed by atoms with Crippen molar-refractivity contribution in [2.24, 2.45) is 0 Å². The number of ether oxygens (including phenoxy) is 1. The zero-order valence-electron chi connectivity index (χ0n) is 10.7. The maximum Gasteiger partial charge on any atom is 0.303 e. The maximum atomic E-state index is 13.8. The second kappa shape index (κ2) is 6.35. The average Bonchev–Trinajstić information content (AvgIpc) is 2.89. The van der Waals surface area contributed by atoms with Gasteiger partial charge in [-0.15, -0.1) is 10.2 Å². The van der Waals surface area contributed by atoms with Gasteiger partial charge in [0.05, 0.1) is 5.56 Å². The third-order valence-electron chi connectivity index (χ3n) is 2.37. The van der Waals surface area contributed by atoms with Crippen LogP contribution in [-0.2, 0) is 14.3 Å². The molecular formula is C12H9F2N3O3S. The molecule has 21 heavy (non-hydrogen) atoms. The normalized spacial score (nSPS) is 11.8. The third-order valence-corrected chi connectivity index (χ3v) is 2.98. The maximum absolute atomic E-state index is 13.8. The van der Waals surface area contributed by atoms with Crippen molar-refractivity contribution in [1.82, 2.24) is 10.2 Å². The van der Waals surface area contributed by atoms with Crippen LogP contribution in [0.2, 0.25) is 0 Å². The van der Waals surface area contributed by atoms with Gasteiger partial charge in [0.15, 0.2) is 0 Å². The lowest BCUT2D eigenvalue weighted by Gasteiger charge is -2.17. The number of nitrogens with zero attached hydrogens (tertiary/aromatic N) is 2. The van der Waals surface area contributed by atoms with Gasteiger partial charge < -0.3 is 4.74 Å². The number of hydrogen-bond acceptors (Lipinski definition) is 6. The summed E-state index contributed by atoms with van der Waals surface area (Å²) in [6.45, 7) is 1.03. The number of hydrogen-bond donors (Lipinski definition) is 1. The number of anilines is 1. The number of carbonyl (C=O) groups excluding carboxylic acids is 2. The lowest BCUT2D eigenvalue weighted by molar-refractivity contribution is -0.152. The van der Waals surface area contributed by atoms with E-state index < -0.39 is 35.2 Å². The number of halogens is 2. The molecule has 0 fully saturated rings. The molecule has 0 aliphatic heterocycles. The highest BCUT2D eigenvalue weighted by atomic mass is 32.1. The molecule has 6 nitrogen and oxygen atoms in total. The van der Waals surface area contributed by atoms with Crippen LogP contribution in [0.15, 0.2) is 23.7 Å². The molecule has 1 aromatic heterocycles. The Morgan fingerprint density at radius 3 is 2.52 bits per heavy atom. The van der Waals surface area contributed by atoms with E-state index in [0.29, 0.717) is 0 Å². The van der Waals surface area contributed by atoms with Gasteiger partial charge in [-0.3, -0.25) is 14.9 Å². The number of nitrogens with one attached hydrogen (secondary N) is 1. The minimum absolute atomic E-state index is 0.119. The molecule has 0 radical (unpaired) electrons. The number of carbonyl (C=O) groups is 2. The molecule has 1 heterocycles. The van der Waals surface area contributed by atoms with E-state index in [9.17, 15) is 18.4 Å². The molecule has 1 atom stereocenters. The van der Waals surface area contributed by atoms with Crippen molar-refractivity contribution >= 4 is 28.3 Å². The molecule has 1 amide bonds. The fourth-order valence-electron chi connectivity index (χ4n) is 1.57. The van der Waals surface area contributed by atoms with Gasteiger partial charge in [-0.1, -0.05) is 17.4 Å². The minimum atomic E-state index is -1.76. The predicted octanol–water partition coefficient (Wildman–Crippen LogP) is 2.06. The van der Waals surface area contributed by atoms with Gasteiger partial charge in [0.1, 0.15) is 17.1 Å². The predicted molar refractivity (Wildman–Crippen MR) is 69.4 cm³/mol. The van der Waals surface area contributed by atoms with Crippen molar-refractivity contribution in [2.75, 3.05) is 5.32 Å². The zero-order valence-corrected chi connectivity index (χ0v) is 11.5. The van der Waals surface area contributed by atoms with E-state index in [1.54, 1.807) is 0 Å². The first kappa shape index (κ1) is 15.0. The highest BCUT2D eigenvalue weighted by Crippen LogP contribution is 2.26. The van der Waals surface area contributed by atoms with Gasteiger partial charge in [0.25, 0.3) is 5.91 Å². The Morgan fingerprint density at radius 2 is 2.00 bits per heavy atom. The van der Waals surface area contributed by atoms with Crippen LogP contribution in [-0.4, -0.2) is 22.1 Å². The van der Waals surface area contributed by atoms with E-state index in [-0.39, 0.29) is 5.13 Å². The lowest BCUT2D eigenvalue weighted by Crippen LogP contribution is -2.26. The molecular weight excluding hydrogens is 304 g/mol. The highest BCUT2D eigenvalue weighted by Gasteiger charge is 2.30. The van der Waals surface area contributed by atoms with E-state index >= 15 is 0 Å². The van der Waals surface area contributed by atoms with Crippen molar-refractivity contribution in [2.45, 2.75) is 13.0 Å². The molecule has 1 aromatic carbocycles. The van der Waals surface area contributed by atoms with Crippen LogP contribution in [0.1, 0.15) is 18.6 Å².